The molecule has 0 amide bonds. The van der Waals surface area contributed by atoms with Crippen molar-refractivity contribution in [1.82, 2.24) is 25.0 Å². The van der Waals surface area contributed by atoms with Crippen LogP contribution in [-0.2, 0) is 13.0 Å². The van der Waals surface area contributed by atoms with Gasteiger partial charge < -0.3 is 14.8 Å². The number of nitrogens with zero attached hydrogens (tertiary/aromatic N) is 5. The molecule has 0 aliphatic carbocycles. The van der Waals surface area contributed by atoms with Gasteiger partial charge in [-0.1, -0.05) is 18.5 Å². The Kier molecular flexibility index (Phi) is 10.4. The summed E-state index contributed by atoms with van der Waals surface area (Å²) < 4.78 is 2.08. The molecule has 1 fully saturated rings. The molecule has 1 saturated heterocycles. The largest absolute Gasteiger partial charge is 0.355 e. The van der Waals surface area contributed by atoms with E-state index in [1.54, 1.807) is 6.33 Å². The molecule has 0 saturated carbocycles. The average Bonchev–Trinajstić information content (AvgIpc) is 3.37. The molecule has 1 aromatic carbocycles. The van der Waals surface area contributed by atoms with E-state index in [-0.39, 0.29) is 24.0 Å². The second-order valence-corrected chi connectivity index (χ2v) is 8.03. The zero-order chi connectivity index (χ0) is 18.9. The number of hydrogen-bond donors (Lipinski definition) is 1. The Morgan fingerprint density at radius 3 is 2.71 bits per heavy atom. The Labute approximate surface area is 193 Å². The highest BCUT2D eigenvalue weighted by molar-refractivity contribution is 14.0. The number of guanidine groups is 1. The number of rotatable bonds is 8. The summed E-state index contributed by atoms with van der Waals surface area (Å²) in [4.78, 5) is 8.44. The van der Waals surface area contributed by atoms with Crippen LogP contribution in [0, 0.1) is 0 Å². The Bertz CT molecular complexity index is 730. The number of nitrogens with one attached hydrogen (secondary N) is 1. The maximum absolute atomic E-state index is 5.94. The lowest BCUT2D eigenvalue weighted by Gasteiger charge is -2.21. The number of likely N-dealkylation sites (tertiary alicyclic amines) is 1. The predicted octanol–water partition coefficient (Wildman–Crippen LogP) is 3.95. The average molecular weight is 535 g/mol. The van der Waals surface area contributed by atoms with Crippen molar-refractivity contribution in [1.29, 1.82) is 0 Å². The van der Waals surface area contributed by atoms with Gasteiger partial charge in [-0.05, 0) is 37.1 Å². The maximum Gasteiger partial charge on any atom is 0.194 e. The molecule has 1 aliphatic rings. The van der Waals surface area contributed by atoms with Gasteiger partial charge in [-0.2, -0.15) is 0 Å². The number of aryl methyl sites for hydroxylation is 1. The zero-order valence-corrected chi connectivity index (χ0v) is 20.1. The molecular weight excluding hydrogens is 507 g/mol. The standard InChI is InChI=1S/C19H27ClN6S.HI/c1-2-18-24-23-15-26(18)13-9-21-19(25-11-3-4-12-25)22-10-14-27-17-7-5-16(20)6-8-17;/h5-8,15H,2-4,9-14H2,1H3,(H,21,22);1H. The molecule has 2 aromatic rings. The van der Waals surface area contributed by atoms with Crippen molar-refractivity contribution < 1.29 is 0 Å². The van der Waals surface area contributed by atoms with Crippen LogP contribution in [-0.4, -0.2) is 57.6 Å². The van der Waals surface area contributed by atoms with Crippen molar-refractivity contribution in [2.45, 2.75) is 37.6 Å². The summed E-state index contributed by atoms with van der Waals surface area (Å²) in [5, 5.41) is 12.4. The lowest BCUT2D eigenvalue weighted by Crippen LogP contribution is -2.40. The van der Waals surface area contributed by atoms with Crippen molar-refractivity contribution in [3.63, 3.8) is 0 Å². The van der Waals surface area contributed by atoms with Crippen LogP contribution in [0.25, 0.3) is 0 Å². The van der Waals surface area contributed by atoms with Gasteiger partial charge in [0.2, 0.25) is 0 Å². The zero-order valence-electron chi connectivity index (χ0n) is 16.2. The summed E-state index contributed by atoms with van der Waals surface area (Å²) in [7, 11) is 0. The molecule has 6 nitrogen and oxygen atoms in total. The van der Waals surface area contributed by atoms with Crippen LogP contribution in [0.3, 0.4) is 0 Å². The summed E-state index contributed by atoms with van der Waals surface area (Å²) in [5.74, 6) is 3.02. The van der Waals surface area contributed by atoms with Crippen molar-refractivity contribution in [3.05, 3.63) is 41.4 Å². The van der Waals surface area contributed by atoms with Gasteiger partial charge in [0.15, 0.2) is 5.96 Å². The van der Waals surface area contributed by atoms with Crippen LogP contribution in [0.2, 0.25) is 5.02 Å². The fraction of sp³-hybridized carbons (Fsp3) is 0.526. The first-order valence-corrected chi connectivity index (χ1v) is 10.9. The summed E-state index contributed by atoms with van der Waals surface area (Å²) in [6, 6.07) is 7.99. The van der Waals surface area contributed by atoms with Gasteiger partial charge in [0.25, 0.3) is 0 Å². The number of aromatic nitrogens is 3. The van der Waals surface area contributed by atoms with Crippen LogP contribution in [0.5, 0.6) is 0 Å². The first-order valence-electron chi connectivity index (χ1n) is 9.54. The van der Waals surface area contributed by atoms with Crippen LogP contribution >= 0.6 is 47.3 Å². The van der Waals surface area contributed by atoms with Gasteiger partial charge in [0, 0.05) is 48.3 Å². The van der Waals surface area contributed by atoms with E-state index in [0.717, 1.165) is 61.7 Å². The fourth-order valence-corrected chi connectivity index (χ4v) is 3.96. The van der Waals surface area contributed by atoms with Crippen molar-refractivity contribution >= 4 is 53.3 Å². The normalized spacial score (nSPS) is 14.2. The highest BCUT2D eigenvalue weighted by Gasteiger charge is 2.15. The van der Waals surface area contributed by atoms with Crippen molar-refractivity contribution in [3.8, 4) is 0 Å². The van der Waals surface area contributed by atoms with E-state index < -0.39 is 0 Å². The third-order valence-corrected chi connectivity index (χ3v) is 5.75. The number of aliphatic imine (C=N–C) groups is 1. The topological polar surface area (TPSA) is 58.3 Å². The second-order valence-electron chi connectivity index (χ2n) is 6.42. The van der Waals surface area contributed by atoms with E-state index in [0.29, 0.717) is 0 Å². The van der Waals surface area contributed by atoms with Gasteiger partial charge in [-0.25, -0.2) is 0 Å². The molecule has 3 rings (SSSR count). The second kappa shape index (κ2) is 12.5. The van der Waals surface area contributed by atoms with E-state index in [1.165, 1.54) is 17.7 Å². The van der Waals surface area contributed by atoms with Gasteiger partial charge in [0.1, 0.15) is 12.2 Å². The first-order chi connectivity index (χ1) is 13.3. The third kappa shape index (κ3) is 7.11. The van der Waals surface area contributed by atoms with E-state index in [4.69, 9.17) is 16.6 Å². The fourth-order valence-electron chi connectivity index (χ4n) is 3.06. The molecule has 1 aromatic heterocycles. The van der Waals surface area contributed by atoms with E-state index in [1.807, 2.05) is 23.9 Å². The monoisotopic (exact) mass is 534 g/mol. The molecule has 1 aliphatic heterocycles. The number of benzene rings is 1. The van der Waals surface area contributed by atoms with Crippen molar-refractivity contribution in [2.24, 2.45) is 4.99 Å². The quantitative estimate of drug-likeness (QED) is 0.183. The molecular formula is C19H28ClIN6S. The summed E-state index contributed by atoms with van der Waals surface area (Å²) in [6.07, 6.45) is 5.17. The van der Waals surface area contributed by atoms with Crippen molar-refractivity contribution in [2.75, 3.05) is 31.9 Å². The van der Waals surface area contributed by atoms with Crippen LogP contribution in [0.4, 0.5) is 0 Å². The lowest BCUT2D eigenvalue weighted by atomic mass is 10.4. The molecule has 154 valence electrons. The van der Waals surface area contributed by atoms with Gasteiger partial charge in [-0.15, -0.1) is 45.9 Å². The summed E-state index contributed by atoms with van der Waals surface area (Å²) >= 11 is 7.76. The maximum atomic E-state index is 5.94. The van der Waals surface area contributed by atoms with Gasteiger partial charge in [0.05, 0.1) is 6.54 Å². The predicted molar refractivity (Wildman–Crippen MR) is 128 cm³/mol. The molecule has 0 bridgehead atoms. The molecule has 0 unspecified atom stereocenters. The first kappa shape index (κ1) is 23.3. The molecule has 2 heterocycles. The molecule has 1 N–H and O–H groups in total. The highest BCUT2D eigenvalue weighted by Crippen LogP contribution is 2.19. The molecule has 0 atom stereocenters. The molecule has 0 radical (unpaired) electrons. The van der Waals surface area contributed by atoms with Crippen LogP contribution < -0.4 is 5.32 Å². The molecule has 28 heavy (non-hydrogen) atoms. The smallest absolute Gasteiger partial charge is 0.194 e. The minimum Gasteiger partial charge on any atom is -0.355 e. The summed E-state index contributed by atoms with van der Waals surface area (Å²) in [6.45, 7) is 6.70. The SMILES string of the molecule is CCc1nncn1CCN=C(NCCSc1ccc(Cl)cc1)N1CCCC1.I. The highest BCUT2D eigenvalue weighted by atomic mass is 127. The van der Waals surface area contributed by atoms with Crippen LogP contribution in [0.15, 0.2) is 40.5 Å². The Morgan fingerprint density at radius 2 is 2.00 bits per heavy atom. The third-order valence-electron chi connectivity index (χ3n) is 4.49. The van der Waals surface area contributed by atoms with E-state index in [2.05, 4.69) is 44.0 Å². The lowest BCUT2D eigenvalue weighted by molar-refractivity contribution is 0.492. The Morgan fingerprint density at radius 1 is 1.25 bits per heavy atom. The Balaban J connectivity index is 0.00000280. The van der Waals surface area contributed by atoms with Gasteiger partial charge >= 0.3 is 0 Å². The number of halogens is 2. The summed E-state index contributed by atoms with van der Waals surface area (Å²) in [5.41, 5.74) is 0. The molecule has 0 spiro atoms. The number of hydrogen-bond acceptors (Lipinski definition) is 4. The minimum absolute atomic E-state index is 0. The number of thioether (sulfide) groups is 1. The van der Waals surface area contributed by atoms with E-state index >= 15 is 0 Å². The minimum atomic E-state index is 0. The van der Waals surface area contributed by atoms with Crippen LogP contribution in [0.1, 0.15) is 25.6 Å². The van der Waals surface area contributed by atoms with E-state index in [9.17, 15) is 0 Å². The Hall–Kier alpha value is -1.000. The molecule has 9 heteroatoms. The van der Waals surface area contributed by atoms with Gasteiger partial charge in [-0.3, -0.25) is 4.99 Å².